The van der Waals surface area contributed by atoms with Gasteiger partial charge in [-0.05, 0) is 52.2 Å². The van der Waals surface area contributed by atoms with Crippen molar-refractivity contribution in [1.82, 2.24) is 9.80 Å². The summed E-state index contributed by atoms with van der Waals surface area (Å²) in [6, 6.07) is 0.412. The highest BCUT2D eigenvalue weighted by Gasteiger charge is 2.44. The van der Waals surface area contributed by atoms with Crippen molar-refractivity contribution >= 4 is 5.97 Å². The molecule has 0 aromatic heterocycles. The third kappa shape index (κ3) is 3.27. The molecule has 1 aliphatic carbocycles. The molecular formula is C14H27N3O2. The molecular weight excluding hydrogens is 242 g/mol. The van der Waals surface area contributed by atoms with Crippen molar-refractivity contribution < 1.29 is 9.53 Å². The van der Waals surface area contributed by atoms with Crippen LogP contribution in [0.3, 0.4) is 0 Å². The summed E-state index contributed by atoms with van der Waals surface area (Å²) in [6.07, 6.45) is 3.72. The molecule has 1 saturated heterocycles. The number of hydrogen-bond donors (Lipinski definition) is 1. The van der Waals surface area contributed by atoms with E-state index in [0.29, 0.717) is 6.04 Å². The number of methoxy groups -OCH3 is 1. The van der Waals surface area contributed by atoms with Gasteiger partial charge in [-0.2, -0.15) is 0 Å². The van der Waals surface area contributed by atoms with Crippen LogP contribution in [0.5, 0.6) is 0 Å². The molecule has 0 aromatic rings. The first-order valence-corrected chi connectivity index (χ1v) is 7.20. The lowest BCUT2D eigenvalue weighted by atomic mass is 9.99. The highest BCUT2D eigenvalue weighted by molar-refractivity contribution is 5.81. The van der Waals surface area contributed by atoms with Gasteiger partial charge in [0.1, 0.15) is 5.54 Å². The Morgan fingerprint density at radius 3 is 2.84 bits per heavy atom. The van der Waals surface area contributed by atoms with Gasteiger partial charge in [-0.25, -0.2) is 0 Å². The Morgan fingerprint density at radius 2 is 2.26 bits per heavy atom. The maximum Gasteiger partial charge on any atom is 0.325 e. The van der Waals surface area contributed by atoms with E-state index < -0.39 is 5.54 Å². The van der Waals surface area contributed by atoms with Gasteiger partial charge in [0.25, 0.3) is 0 Å². The lowest BCUT2D eigenvalue weighted by molar-refractivity contribution is -0.146. The Morgan fingerprint density at radius 1 is 1.53 bits per heavy atom. The highest BCUT2D eigenvalue weighted by atomic mass is 16.5. The van der Waals surface area contributed by atoms with Gasteiger partial charge in [-0.3, -0.25) is 4.79 Å². The standard InChI is InChI=1S/C14H27N3O2/c1-16-7-5-11(9-16)10-17(2)12-4-6-14(15,8-12)13(18)19-3/h11-12H,4-10,15H2,1-3H3. The van der Waals surface area contributed by atoms with Crippen LogP contribution in [0.4, 0.5) is 0 Å². The molecule has 1 heterocycles. The van der Waals surface area contributed by atoms with Crippen LogP contribution in [-0.2, 0) is 9.53 Å². The quantitative estimate of drug-likeness (QED) is 0.744. The van der Waals surface area contributed by atoms with Gasteiger partial charge in [0, 0.05) is 19.1 Å². The summed E-state index contributed by atoms with van der Waals surface area (Å²) in [5.74, 6) is 0.491. The number of likely N-dealkylation sites (tertiary alicyclic amines) is 1. The van der Waals surface area contributed by atoms with Crippen molar-refractivity contribution in [2.24, 2.45) is 11.7 Å². The molecule has 2 N–H and O–H groups in total. The van der Waals surface area contributed by atoms with Crippen LogP contribution < -0.4 is 5.73 Å². The molecule has 0 spiro atoms. The molecule has 3 unspecified atom stereocenters. The number of esters is 1. The zero-order valence-electron chi connectivity index (χ0n) is 12.4. The zero-order chi connectivity index (χ0) is 14.0. The van der Waals surface area contributed by atoms with Gasteiger partial charge in [-0.15, -0.1) is 0 Å². The zero-order valence-corrected chi connectivity index (χ0v) is 12.4. The van der Waals surface area contributed by atoms with Crippen LogP contribution in [-0.4, -0.2) is 68.2 Å². The highest BCUT2D eigenvalue weighted by Crippen LogP contribution is 2.32. The molecule has 19 heavy (non-hydrogen) atoms. The van der Waals surface area contributed by atoms with Crippen molar-refractivity contribution in [3.63, 3.8) is 0 Å². The number of rotatable bonds is 4. The lowest BCUT2D eigenvalue weighted by Crippen LogP contribution is -2.48. The van der Waals surface area contributed by atoms with Gasteiger partial charge in [0.15, 0.2) is 0 Å². The monoisotopic (exact) mass is 269 g/mol. The maximum absolute atomic E-state index is 11.7. The van der Waals surface area contributed by atoms with Crippen LogP contribution in [0.25, 0.3) is 0 Å². The molecule has 2 aliphatic rings. The molecule has 0 bridgehead atoms. The smallest absolute Gasteiger partial charge is 0.325 e. The van der Waals surface area contributed by atoms with Crippen LogP contribution in [0.1, 0.15) is 25.7 Å². The van der Waals surface area contributed by atoms with Gasteiger partial charge in [0.2, 0.25) is 0 Å². The fraction of sp³-hybridized carbons (Fsp3) is 0.929. The molecule has 1 aliphatic heterocycles. The summed E-state index contributed by atoms with van der Waals surface area (Å²) < 4.78 is 4.82. The van der Waals surface area contributed by atoms with Gasteiger partial charge < -0.3 is 20.3 Å². The Kier molecular flexibility index (Phi) is 4.48. The second kappa shape index (κ2) is 5.77. The summed E-state index contributed by atoms with van der Waals surface area (Å²) in [6.45, 7) is 3.49. The average molecular weight is 269 g/mol. The van der Waals surface area contributed by atoms with Crippen molar-refractivity contribution in [1.29, 1.82) is 0 Å². The van der Waals surface area contributed by atoms with Crippen LogP contribution in [0, 0.1) is 5.92 Å². The van der Waals surface area contributed by atoms with E-state index in [1.165, 1.54) is 26.6 Å². The first kappa shape index (κ1) is 14.8. The average Bonchev–Trinajstić information content (AvgIpc) is 2.96. The van der Waals surface area contributed by atoms with E-state index in [9.17, 15) is 4.79 Å². The molecule has 1 saturated carbocycles. The number of nitrogens with two attached hydrogens (primary N) is 1. The van der Waals surface area contributed by atoms with Gasteiger partial charge in [-0.1, -0.05) is 0 Å². The minimum Gasteiger partial charge on any atom is -0.468 e. The molecule has 5 heteroatoms. The second-order valence-corrected chi connectivity index (χ2v) is 6.40. The van der Waals surface area contributed by atoms with E-state index in [0.717, 1.165) is 31.7 Å². The number of hydrogen-bond acceptors (Lipinski definition) is 5. The fourth-order valence-corrected chi connectivity index (χ4v) is 3.55. The van der Waals surface area contributed by atoms with Crippen molar-refractivity contribution in [2.75, 3.05) is 40.8 Å². The first-order chi connectivity index (χ1) is 8.94. The van der Waals surface area contributed by atoms with Gasteiger partial charge >= 0.3 is 5.97 Å². The van der Waals surface area contributed by atoms with Crippen LogP contribution in [0.15, 0.2) is 0 Å². The van der Waals surface area contributed by atoms with Crippen molar-refractivity contribution in [3.05, 3.63) is 0 Å². The number of carbonyl (C=O) groups is 1. The topological polar surface area (TPSA) is 58.8 Å². The third-order valence-corrected chi connectivity index (χ3v) is 4.77. The third-order valence-electron chi connectivity index (χ3n) is 4.77. The summed E-state index contributed by atoms with van der Waals surface area (Å²) in [5.41, 5.74) is 5.40. The normalized spacial score (nSPS) is 36.1. The molecule has 3 atom stereocenters. The summed E-state index contributed by atoms with van der Waals surface area (Å²) >= 11 is 0. The summed E-state index contributed by atoms with van der Waals surface area (Å²) in [7, 11) is 5.76. The van der Waals surface area contributed by atoms with Crippen LogP contribution >= 0.6 is 0 Å². The summed E-state index contributed by atoms with van der Waals surface area (Å²) in [5, 5.41) is 0. The predicted molar refractivity (Wildman–Crippen MR) is 74.8 cm³/mol. The van der Waals surface area contributed by atoms with E-state index in [1.54, 1.807) is 0 Å². The van der Waals surface area contributed by atoms with Crippen LogP contribution in [0.2, 0.25) is 0 Å². The first-order valence-electron chi connectivity index (χ1n) is 7.20. The van der Waals surface area contributed by atoms with E-state index >= 15 is 0 Å². The lowest BCUT2D eigenvalue weighted by Gasteiger charge is -2.28. The largest absolute Gasteiger partial charge is 0.468 e. The second-order valence-electron chi connectivity index (χ2n) is 6.40. The minimum absolute atomic E-state index is 0.260. The number of nitrogens with zero attached hydrogens (tertiary/aromatic N) is 2. The van der Waals surface area contributed by atoms with Gasteiger partial charge in [0.05, 0.1) is 7.11 Å². The maximum atomic E-state index is 11.7. The Hall–Kier alpha value is -0.650. The van der Waals surface area contributed by atoms with Crippen molar-refractivity contribution in [2.45, 2.75) is 37.3 Å². The summed E-state index contributed by atoms with van der Waals surface area (Å²) in [4.78, 5) is 16.5. The molecule has 0 radical (unpaired) electrons. The molecule has 110 valence electrons. The number of carbonyl (C=O) groups excluding carboxylic acids is 1. The Bertz CT molecular complexity index is 337. The molecule has 0 amide bonds. The molecule has 0 aromatic carbocycles. The fourth-order valence-electron chi connectivity index (χ4n) is 3.55. The van der Waals surface area contributed by atoms with Crippen molar-refractivity contribution in [3.8, 4) is 0 Å². The van der Waals surface area contributed by atoms with E-state index in [1.807, 2.05) is 0 Å². The predicted octanol–water partition coefficient (Wildman–Crippen LogP) is 0.293. The van der Waals surface area contributed by atoms with E-state index in [2.05, 4.69) is 23.9 Å². The molecule has 2 fully saturated rings. The minimum atomic E-state index is -0.764. The van der Waals surface area contributed by atoms with E-state index in [-0.39, 0.29) is 5.97 Å². The molecule has 2 rings (SSSR count). The number of ether oxygens (including phenoxy) is 1. The SMILES string of the molecule is COC(=O)C1(N)CCC(N(C)CC2CCN(C)C2)C1. The Labute approximate surface area is 116 Å². The molecule has 5 nitrogen and oxygen atoms in total. The van der Waals surface area contributed by atoms with E-state index in [4.69, 9.17) is 10.5 Å². The Balaban J connectivity index is 1.84.